The first-order chi connectivity index (χ1) is 11.5. The average Bonchev–Trinajstić information content (AvgIpc) is 2.58. The number of aryl methyl sites for hydroxylation is 2. The molecule has 126 valence electrons. The van der Waals surface area contributed by atoms with Gasteiger partial charge >= 0.3 is 5.97 Å². The zero-order chi connectivity index (χ0) is 17.5. The molecule has 0 atom stereocenters. The van der Waals surface area contributed by atoms with Crippen LogP contribution in [0.15, 0.2) is 42.5 Å². The van der Waals surface area contributed by atoms with Gasteiger partial charge in [0.1, 0.15) is 0 Å². The van der Waals surface area contributed by atoms with Crippen LogP contribution in [0.5, 0.6) is 0 Å². The lowest BCUT2D eigenvalue weighted by Gasteiger charge is -2.11. The van der Waals surface area contributed by atoms with Crippen molar-refractivity contribution in [2.75, 3.05) is 24.3 Å². The summed E-state index contributed by atoms with van der Waals surface area (Å²) in [5.74, 6) is -0.482. The third kappa shape index (κ3) is 4.84. The molecule has 2 aromatic rings. The van der Waals surface area contributed by atoms with Crippen molar-refractivity contribution in [3.05, 3.63) is 59.2 Å². The number of benzene rings is 2. The van der Waals surface area contributed by atoms with E-state index in [0.717, 1.165) is 11.3 Å². The van der Waals surface area contributed by atoms with Gasteiger partial charge in [-0.15, -0.1) is 0 Å². The summed E-state index contributed by atoms with van der Waals surface area (Å²) in [7, 11) is 1.33. The third-order valence-corrected chi connectivity index (χ3v) is 3.65. The molecular formula is C19H22N2O3. The van der Waals surface area contributed by atoms with Crippen LogP contribution in [0.1, 0.15) is 27.9 Å². The lowest BCUT2D eigenvalue weighted by Crippen LogP contribution is -2.16. The standard InChI is InChI=1S/C19H22N2O3/c1-13-4-5-14(2)17(12-13)20-11-10-18(22)21-16-8-6-15(7-9-16)19(23)24-3/h4-9,12,20H,10-11H2,1-3H3,(H,21,22). The molecule has 0 unspecified atom stereocenters. The highest BCUT2D eigenvalue weighted by molar-refractivity contribution is 5.93. The van der Waals surface area contributed by atoms with E-state index in [9.17, 15) is 9.59 Å². The minimum atomic E-state index is -0.398. The number of methoxy groups -OCH3 is 1. The molecule has 5 nitrogen and oxygen atoms in total. The van der Waals surface area contributed by atoms with E-state index in [1.165, 1.54) is 12.7 Å². The quantitative estimate of drug-likeness (QED) is 0.797. The fourth-order valence-electron chi connectivity index (χ4n) is 2.27. The van der Waals surface area contributed by atoms with Gasteiger partial charge in [-0.3, -0.25) is 4.79 Å². The Kier molecular flexibility index (Phi) is 5.95. The molecule has 0 heterocycles. The summed E-state index contributed by atoms with van der Waals surface area (Å²) in [5, 5.41) is 6.09. The molecule has 0 radical (unpaired) electrons. The number of amides is 1. The number of hydrogen-bond acceptors (Lipinski definition) is 4. The topological polar surface area (TPSA) is 67.4 Å². The van der Waals surface area contributed by atoms with Gasteiger partial charge in [-0.25, -0.2) is 4.79 Å². The summed E-state index contributed by atoms with van der Waals surface area (Å²) in [6, 6.07) is 12.8. The van der Waals surface area contributed by atoms with Gasteiger partial charge in [0.05, 0.1) is 12.7 Å². The molecule has 0 saturated carbocycles. The van der Waals surface area contributed by atoms with Gasteiger partial charge in [0.15, 0.2) is 0 Å². The number of esters is 1. The Morgan fingerprint density at radius 2 is 1.75 bits per heavy atom. The van der Waals surface area contributed by atoms with Crippen molar-refractivity contribution >= 4 is 23.3 Å². The van der Waals surface area contributed by atoms with Crippen LogP contribution in [0.25, 0.3) is 0 Å². The SMILES string of the molecule is COC(=O)c1ccc(NC(=O)CCNc2cc(C)ccc2C)cc1. The minimum absolute atomic E-state index is 0.0846. The van der Waals surface area contributed by atoms with Crippen LogP contribution >= 0.6 is 0 Å². The number of rotatable bonds is 6. The van der Waals surface area contributed by atoms with Crippen LogP contribution in [0, 0.1) is 13.8 Å². The van der Waals surface area contributed by atoms with E-state index in [1.54, 1.807) is 24.3 Å². The Bertz CT molecular complexity index is 724. The largest absolute Gasteiger partial charge is 0.465 e. The predicted octanol–water partition coefficient (Wildman–Crippen LogP) is 3.53. The highest BCUT2D eigenvalue weighted by Gasteiger charge is 2.06. The molecule has 2 aromatic carbocycles. The molecule has 0 aromatic heterocycles. The van der Waals surface area contributed by atoms with E-state index in [-0.39, 0.29) is 5.91 Å². The second-order valence-corrected chi connectivity index (χ2v) is 5.61. The maximum absolute atomic E-state index is 12.0. The zero-order valence-electron chi connectivity index (χ0n) is 14.2. The fraction of sp³-hybridized carbons (Fsp3) is 0.263. The second kappa shape index (κ2) is 8.15. The molecule has 0 bridgehead atoms. The number of nitrogens with one attached hydrogen (secondary N) is 2. The summed E-state index contributed by atoms with van der Waals surface area (Å²) in [5.41, 5.74) is 4.48. The number of anilines is 2. The van der Waals surface area contributed by atoms with E-state index < -0.39 is 5.97 Å². The Hall–Kier alpha value is -2.82. The minimum Gasteiger partial charge on any atom is -0.465 e. The van der Waals surface area contributed by atoms with Gasteiger partial charge in [0.2, 0.25) is 5.91 Å². The maximum atomic E-state index is 12.0. The molecule has 2 rings (SSSR count). The van der Waals surface area contributed by atoms with E-state index in [2.05, 4.69) is 33.6 Å². The van der Waals surface area contributed by atoms with E-state index in [4.69, 9.17) is 0 Å². The summed E-state index contributed by atoms with van der Waals surface area (Å²) >= 11 is 0. The number of carbonyl (C=O) groups is 2. The number of hydrogen-bond donors (Lipinski definition) is 2. The van der Waals surface area contributed by atoms with Gasteiger partial charge in [0.25, 0.3) is 0 Å². The van der Waals surface area contributed by atoms with E-state index in [1.807, 2.05) is 13.8 Å². The van der Waals surface area contributed by atoms with Gasteiger partial charge in [-0.05, 0) is 55.3 Å². The molecule has 5 heteroatoms. The molecule has 2 N–H and O–H groups in total. The normalized spacial score (nSPS) is 10.1. The summed E-state index contributed by atoms with van der Waals surface area (Å²) in [6.45, 7) is 4.62. The first-order valence-electron chi connectivity index (χ1n) is 7.79. The highest BCUT2D eigenvalue weighted by Crippen LogP contribution is 2.16. The molecular weight excluding hydrogens is 304 g/mol. The van der Waals surface area contributed by atoms with E-state index >= 15 is 0 Å². The molecule has 24 heavy (non-hydrogen) atoms. The summed E-state index contributed by atoms with van der Waals surface area (Å²) in [4.78, 5) is 23.3. The number of carbonyl (C=O) groups excluding carboxylic acids is 2. The molecule has 0 aliphatic rings. The maximum Gasteiger partial charge on any atom is 0.337 e. The van der Waals surface area contributed by atoms with Crippen molar-refractivity contribution in [3.63, 3.8) is 0 Å². The van der Waals surface area contributed by atoms with Gasteiger partial charge in [-0.1, -0.05) is 12.1 Å². The Balaban J connectivity index is 1.83. The van der Waals surface area contributed by atoms with Crippen molar-refractivity contribution in [2.24, 2.45) is 0 Å². The lowest BCUT2D eigenvalue weighted by atomic mass is 10.1. The van der Waals surface area contributed by atoms with Gasteiger partial charge in [-0.2, -0.15) is 0 Å². The van der Waals surface area contributed by atoms with Gasteiger partial charge in [0, 0.05) is 24.3 Å². The van der Waals surface area contributed by atoms with Crippen LogP contribution in [-0.4, -0.2) is 25.5 Å². The first-order valence-corrected chi connectivity index (χ1v) is 7.79. The first kappa shape index (κ1) is 17.5. The Morgan fingerprint density at radius 3 is 2.42 bits per heavy atom. The zero-order valence-corrected chi connectivity index (χ0v) is 14.2. The highest BCUT2D eigenvalue weighted by atomic mass is 16.5. The van der Waals surface area contributed by atoms with Crippen LogP contribution in [0.4, 0.5) is 11.4 Å². The molecule has 0 spiro atoms. The monoisotopic (exact) mass is 326 g/mol. The fourth-order valence-corrected chi connectivity index (χ4v) is 2.27. The van der Waals surface area contributed by atoms with Crippen molar-refractivity contribution in [3.8, 4) is 0 Å². The van der Waals surface area contributed by atoms with Crippen LogP contribution < -0.4 is 10.6 Å². The Labute approximate surface area is 142 Å². The van der Waals surface area contributed by atoms with Crippen LogP contribution in [0.2, 0.25) is 0 Å². The third-order valence-electron chi connectivity index (χ3n) is 3.65. The lowest BCUT2D eigenvalue weighted by molar-refractivity contribution is -0.115. The molecule has 0 fully saturated rings. The smallest absolute Gasteiger partial charge is 0.337 e. The second-order valence-electron chi connectivity index (χ2n) is 5.61. The van der Waals surface area contributed by atoms with Gasteiger partial charge < -0.3 is 15.4 Å². The molecule has 0 aliphatic heterocycles. The van der Waals surface area contributed by atoms with Crippen molar-refractivity contribution in [1.82, 2.24) is 0 Å². The van der Waals surface area contributed by atoms with Crippen molar-refractivity contribution in [1.29, 1.82) is 0 Å². The molecule has 0 aliphatic carbocycles. The summed E-state index contributed by atoms with van der Waals surface area (Å²) < 4.78 is 4.64. The summed E-state index contributed by atoms with van der Waals surface area (Å²) in [6.07, 6.45) is 0.353. The molecule has 1 amide bonds. The Morgan fingerprint density at radius 1 is 1.04 bits per heavy atom. The average molecular weight is 326 g/mol. The van der Waals surface area contributed by atoms with Crippen molar-refractivity contribution < 1.29 is 14.3 Å². The van der Waals surface area contributed by atoms with Crippen LogP contribution in [-0.2, 0) is 9.53 Å². The van der Waals surface area contributed by atoms with Crippen molar-refractivity contribution in [2.45, 2.75) is 20.3 Å². The van der Waals surface area contributed by atoms with Crippen LogP contribution in [0.3, 0.4) is 0 Å². The number of ether oxygens (including phenoxy) is 1. The molecule has 0 saturated heterocycles. The van der Waals surface area contributed by atoms with E-state index in [0.29, 0.717) is 24.2 Å². The predicted molar refractivity (Wildman–Crippen MR) is 95.4 cm³/mol.